The maximum absolute atomic E-state index is 12.4. The Kier molecular flexibility index (Phi) is 5.26. The summed E-state index contributed by atoms with van der Waals surface area (Å²) in [4.78, 5) is 25.3. The maximum atomic E-state index is 12.4. The zero-order valence-electron chi connectivity index (χ0n) is 14.4. The number of aryl methyl sites for hydroxylation is 1. The summed E-state index contributed by atoms with van der Waals surface area (Å²) in [5, 5.41) is 2.86. The lowest BCUT2D eigenvalue weighted by atomic mass is 10.1. The van der Waals surface area contributed by atoms with E-state index < -0.39 is 11.7 Å². The number of benzene rings is 3. The van der Waals surface area contributed by atoms with Crippen molar-refractivity contribution in [1.82, 2.24) is 10.5 Å². The van der Waals surface area contributed by atoms with Gasteiger partial charge >= 0.3 is 0 Å². The number of amides is 1. The largest absolute Gasteiger partial charge is 0.321 e. The average molecular weight is 366 g/mol. The van der Waals surface area contributed by atoms with Gasteiger partial charge in [-0.05, 0) is 48.2 Å². The van der Waals surface area contributed by atoms with Crippen LogP contribution >= 0.6 is 0 Å². The molecule has 0 radical (unpaired) electrons. The molecule has 136 valence electrons. The number of carbonyl (C=O) groups excluding carboxylic acids is 1. The molecule has 4 nitrogen and oxygen atoms in total. The van der Waals surface area contributed by atoms with E-state index in [1.54, 1.807) is 0 Å². The number of hydrogen-bond acceptors (Lipinski definition) is 2. The molecule has 0 saturated heterocycles. The Balaban J connectivity index is 0.000000168. The first-order valence-electron chi connectivity index (χ1n) is 8.17. The fraction of sp³-hybridized carbons (Fsp3) is 0.0476. The van der Waals surface area contributed by atoms with Gasteiger partial charge in [0, 0.05) is 21.9 Å². The Morgan fingerprint density at radius 2 is 1.67 bits per heavy atom. The van der Waals surface area contributed by atoms with Gasteiger partial charge < -0.3 is 4.98 Å². The van der Waals surface area contributed by atoms with Crippen molar-refractivity contribution in [3.8, 4) is 0 Å². The molecule has 27 heavy (non-hydrogen) atoms. The number of hydrogen-bond donors (Lipinski definition) is 2. The van der Waals surface area contributed by atoms with Gasteiger partial charge in [0.15, 0.2) is 0 Å². The lowest BCUT2D eigenvalue weighted by Gasteiger charge is -2.03. The smallest absolute Gasteiger partial charge is 0.279 e. The molecule has 0 aliphatic carbocycles. The van der Waals surface area contributed by atoms with Gasteiger partial charge in [0.25, 0.3) is 11.5 Å². The summed E-state index contributed by atoms with van der Waals surface area (Å²) < 4.78 is 23.8. The van der Waals surface area contributed by atoms with Crippen LogP contribution in [0.2, 0.25) is 0 Å². The predicted molar refractivity (Wildman–Crippen MR) is 102 cm³/mol. The fourth-order valence-electron chi connectivity index (χ4n) is 2.79. The molecule has 0 aliphatic heterocycles. The second kappa shape index (κ2) is 7.78. The van der Waals surface area contributed by atoms with Crippen LogP contribution in [-0.2, 0) is 0 Å². The van der Waals surface area contributed by atoms with Crippen molar-refractivity contribution in [3.63, 3.8) is 0 Å². The highest BCUT2D eigenvalue weighted by Crippen LogP contribution is 2.21. The molecule has 4 rings (SSSR count). The van der Waals surface area contributed by atoms with Crippen LogP contribution in [0, 0.1) is 12.7 Å². The van der Waals surface area contributed by atoms with Crippen LogP contribution in [0.5, 0.6) is 0 Å². The Hall–Kier alpha value is -3.54. The van der Waals surface area contributed by atoms with Gasteiger partial charge in [0.2, 0.25) is 0 Å². The molecule has 2 N–H and O–H groups in total. The number of halogens is 2. The van der Waals surface area contributed by atoms with Crippen molar-refractivity contribution >= 4 is 27.6 Å². The van der Waals surface area contributed by atoms with Crippen molar-refractivity contribution < 1.29 is 13.7 Å². The maximum Gasteiger partial charge on any atom is 0.279 e. The number of pyridine rings is 1. The molecule has 1 amide bonds. The van der Waals surface area contributed by atoms with Crippen molar-refractivity contribution in [3.05, 3.63) is 94.0 Å². The summed E-state index contributed by atoms with van der Waals surface area (Å²) in [5.41, 5.74) is 2.91. The third-order valence-corrected chi connectivity index (χ3v) is 4.06. The van der Waals surface area contributed by atoms with E-state index >= 15 is 0 Å². The molecule has 4 aromatic rings. The fourth-order valence-corrected chi connectivity index (χ4v) is 2.79. The number of rotatable bonds is 1. The SMILES string of the molecule is Cc1ccc2c(c1)[nH]c(=O)c1ccccc12.O=C(NF)c1cccc(F)c1. The van der Waals surface area contributed by atoms with Crippen LogP contribution in [0.1, 0.15) is 15.9 Å². The van der Waals surface area contributed by atoms with Gasteiger partial charge in [0.1, 0.15) is 5.82 Å². The third kappa shape index (κ3) is 4.00. The Morgan fingerprint density at radius 1 is 0.926 bits per heavy atom. The van der Waals surface area contributed by atoms with Crippen LogP contribution in [0.4, 0.5) is 8.87 Å². The van der Waals surface area contributed by atoms with E-state index in [9.17, 15) is 18.5 Å². The highest BCUT2D eigenvalue weighted by molar-refractivity contribution is 6.05. The van der Waals surface area contributed by atoms with Crippen molar-refractivity contribution in [2.24, 2.45) is 0 Å². The molecule has 1 aromatic heterocycles. The standard InChI is InChI=1S/C14H11NO.C7H5F2NO/c1-9-6-7-11-10-4-2-3-5-12(10)14(16)15-13(11)8-9;8-6-3-1-2-5(4-6)7(11)10-9/h2-8H,1H3,(H,15,16);1-4H,(H,10,11). The van der Waals surface area contributed by atoms with E-state index in [2.05, 4.69) is 17.1 Å². The normalized spacial score (nSPS) is 10.3. The van der Waals surface area contributed by atoms with Gasteiger partial charge in [-0.15, -0.1) is 0 Å². The zero-order valence-corrected chi connectivity index (χ0v) is 14.4. The van der Waals surface area contributed by atoms with E-state index in [1.807, 2.05) is 37.3 Å². The van der Waals surface area contributed by atoms with Gasteiger partial charge in [-0.25, -0.2) is 4.39 Å². The monoisotopic (exact) mass is 366 g/mol. The summed E-state index contributed by atoms with van der Waals surface area (Å²) in [6.45, 7) is 2.02. The first-order valence-corrected chi connectivity index (χ1v) is 8.17. The summed E-state index contributed by atoms with van der Waals surface area (Å²) >= 11 is 0. The quantitative estimate of drug-likeness (QED) is 0.387. The molecule has 0 fully saturated rings. The minimum Gasteiger partial charge on any atom is -0.321 e. The molecular weight excluding hydrogens is 350 g/mol. The summed E-state index contributed by atoms with van der Waals surface area (Å²) in [5.74, 6) is -1.50. The van der Waals surface area contributed by atoms with Gasteiger partial charge in [0.05, 0.1) is 0 Å². The van der Waals surface area contributed by atoms with Crippen LogP contribution in [-0.4, -0.2) is 10.9 Å². The van der Waals surface area contributed by atoms with Crippen LogP contribution in [0.3, 0.4) is 0 Å². The van der Waals surface area contributed by atoms with E-state index in [0.717, 1.165) is 38.8 Å². The molecule has 3 aromatic carbocycles. The molecule has 1 heterocycles. The highest BCUT2D eigenvalue weighted by atomic mass is 19.2. The zero-order chi connectivity index (χ0) is 19.4. The minimum absolute atomic E-state index is 0.0197. The van der Waals surface area contributed by atoms with Gasteiger partial charge in [-0.2, -0.15) is 5.54 Å². The second-order valence-electron chi connectivity index (χ2n) is 5.98. The molecular formula is C21H16F2N2O2. The van der Waals surface area contributed by atoms with E-state index in [1.165, 1.54) is 18.2 Å². The van der Waals surface area contributed by atoms with Crippen LogP contribution in [0.15, 0.2) is 71.5 Å². The number of carbonyl (C=O) groups is 1. The van der Waals surface area contributed by atoms with Crippen LogP contribution in [0.25, 0.3) is 21.7 Å². The van der Waals surface area contributed by atoms with Crippen molar-refractivity contribution in [2.75, 3.05) is 0 Å². The first-order chi connectivity index (χ1) is 13.0. The summed E-state index contributed by atoms with van der Waals surface area (Å²) in [6.07, 6.45) is 0. The van der Waals surface area contributed by atoms with E-state index in [0.29, 0.717) is 0 Å². The molecule has 0 spiro atoms. The summed E-state index contributed by atoms with van der Waals surface area (Å²) in [7, 11) is 0. The second-order valence-corrected chi connectivity index (χ2v) is 5.98. The molecule has 0 bridgehead atoms. The predicted octanol–water partition coefficient (Wildman–Crippen LogP) is 4.43. The lowest BCUT2D eigenvalue weighted by molar-refractivity contribution is 0.0859. The minimum atomic E-state index is -0.940. The number of aromatic amines is 1. The first kappa shape index (κ1) is 18.3. The molecule has 0 unspecified atom stereocenters. The topological polar surface area (TPSA) is 62.0 Å². The molecule has 0 atom stereocenters. The molecule has 6 heteroatoms. The number of nitrogens with one attached hydrogen (secondary N) is 2. The number of aromatic nitrogens is 1. The van der Waals surface area contributed by atoms with Crippen molar-refractivity contribution in [1.29, 1.82) is 0 Å². The Labute approximate surface area is 153 Å². The van der Waals surface area contributed by atoms with E-state index in [-0.39, 0.29) is 11.1 Å². The number of H-pyrrole nitrogens is 1. The van der Waals surface area contributed by atoms with E-state index in [4.69, 9.17) is 0 Å². The van der Waals surface area contributed by atoms with Gasteiger partial charge in [-0.3, -0.25) is 9.59 Å². The number of fused-ring (bicyclic) bond motifs is 3. The Morgan fingerprint density at radius 3 is 2.37 bits per heavy atom. The molecule has 0 aliphatic rings. The molecule has 0 saturated carbocycles. The Bertz CT molecular complexity index is 1190. The van der Waals surface area contributed by atoms with Gasteiger partial charge in [-0.1, -0.05) is 40.9 Å². The third-order valence-electron chi connectivity index (χ3n) is 4.06. The summed E-state index contributed by atoms with van der Waals surface area (Å²) in [6, 6.07) is 18.6. The highest BCUT2D eigenvalue weighted by Gasteiger charge is 2.04. The van der Waals surface area contributed by atoms with Crippen molar-refractivity contribution in [2.45, 2.75) is 6.92 Å². The lowest BCUT2D eigenvalue weighted by Crippen LogP contribution is -2.13. The van der Waals surface area contributed by atoms with Crippen LogP contribution < -0.4 is 11.1 Å². The average Bonchev–Trinajstić information content (AvgIpc) is 2.68.